The minimum atomic E-state index is -1.51. The highest BCUT2D eigenvalue weighted by atomic mass is 19.1. The summed E-state index contributed by atoms with van der Waals surface area (Å²) in [4.78, 5) is 14.3. The molecular formula is C10H12FNO3. The second kappa shape index (κ2) is 4.84. The maximum absolute atomic E-state index is 12.6. The number of hydrogen-bond donors (Lipinski definition) is 2. The molecule has 0 fully saturated rings. The van der Waals surface area contributed by atoms with Crippen LogP contribution in [0.15, 0.2) is 18.3 Å². The highest BCUT2D eigenvalue weighted by Gasteiger charge is 2.26. The standard InChI is InChI=1S/C10H12FNO3/c1-2-7(9(13)10(14)15)8-4-3-6(11)5-12-8/h3-5,7,9,13H,2H2,1H3,(H,14,15). The first-order valence-corrected chi connectivity index (χ1v) is 4.58. The third kappa shape index (κ3) is 2.73. The number of aromatic nitrogens is 1. The van der Waals surface area contributed by atoms with E-state index < -0.39 is 23.8 Å². The van der Waals surface area contributed by atoms with E-state index in [1.54, 1.807) is 6.92 Å². The Morgan fingerprint density at radius 2 is 2.27 bits per heavy atom. The molecule has 0 saturated carbocycles. The van der Waals surface area contributed by atoms with E-state index >= 15 is 0 Å². The van der Waals surface area contributed by atoms with E-state index in [1.807, 2.05) is 0 Å². The topological polar surface area (TPSA) is 70.4 Å². The summed E-state index contributed by atoms with van der Waals surface area (Å²) < 4.78 is 12.6. The van der Waals surface area contributed by atoms with Crippen LogP contribution in [-0.2, 0) is 4.79 Å². The zero-order valence-electron chi connectivity index (χ0n) is 8.22. The Kier molecular flexibility index (Phi) is 3.74. The van der Waals surface area contributed by atoms with Crippen LogP contribution in [0.3, 0.4) is 0 Å². The lowest BCUT2D eigenvalue weighted by molar-refractivity contribution is -0.148. The zero-order valence-corrected chi connectivity index (χ0v) is 8.22. The molecule has 4 nitrogen and oxygen atoms in total. The van der Waals surface area contributed by atoms with Crippen LogP contribution in [0.4, 0.5) is 4.39 Å². The highest BCUT2D eigenvalue weighted by molar-refractivity contribution is 5.73. The first kappa shape index (κ1) is 11.6. The third-order valence-corrected chi connectivity index (χ3v) is 2.20. The van der Waals surface area contributed by atoms with Crippen LogP contribution in [-0.4, -0.2) is 27.3 Å². The van der Waals surface area contributed by atoms with E-state index in [0.717, 1.165) is 6.20 Å². The molecule has 0 aromatic carbocycles. The number of halogens is 1. The van der Waals surface area contributed by atoms with Gasteiger partial charge >= 0.3 is 5.97 Å². The number of hydrogen-bond acceptors (Lipinski definition) is 3. The van der Waals surface area contributed by atoms with Gasteiger partial charge in [0.1, 0.15) is 5.82 Å². The molecule has 0 aliphatic carbocycles. The molecule has 1 aromatic rings. The second-order valence-corrected chi connectivity index (χ2v) is 3.20. The lowest BCUT2D eigenvalue weighted by atomic mass is 9.95. The average molecular weight is 213 g/mol. The summed E-state index contributed by atoms with van der Waals surface area (Å²) in [6.07, 6.45) is -0.0773. The number of pyridine rings is 1. The van der Waals surface area contributed by atoms with Crippen LogP contribution < -0.4 is 0 Å². The number of aliphatic hydroxyl groups excluding tert-OH is 1. The highest BCUT2D eigenvalue weighted by Crippen LogP contribution is 2.21. The van der Waals surface area contributed by atoms with Crippen LogP contribution >= 0.6 is 0 Å². The average Bonchev–Trinajstić information content (AvgIpc) is 2.21. The van der Waals surface area contributed by atoms with Gasteiger partial charge in [-0.15, -0.1) is 0 Å². The number of rotatable bonds is 4. The predicted octanol–water partition coefficient (Wildman–Crippen LogP) is 1.16. The number of aliphatic carboxylic acids is 1. The van der Waals surface area contributed by atoms with Gasteiger partial charge in [-0.25, -0.2) is 9.18 Å². The minimum absolute atomic E-state index is 0.383. The molecule has 82 valence electrons. The van der Waals surface area contributed by atoms with Gasteiger partial charge in [-0.1, -0.05) is 6.92 Å². The molecular weight excluding hydrogens is 201 g/mol. The first-order valence-electron chi connectivity index (χ1n) is 4.58. The van der Waals surface area contributed by atoms with Crippen molar-refractivity contribution in [1.82, 2.24) is 4.98 Å². The van der Waals surface area contributed by atoms with Crippen molar-refractivity contribution in [2.24, 2.45) is 0 Å². The number of carboxylic acids is 1. The van der Waals surface area contributed by atoms with Gasteiger partial charge in [-0.3, -0.25) is 4.98 Å². The van der Waals surface area contributed by atoms with Crippen molar-refractivity contribution in [3.63, 3.8) is 0 Å². The Hall–Kier alpha value is -1.49. The fourth-order valence-corrected chi connectivity index (χ4v) is 1.37. The normalized spacial score (nSPS) is 14.6. The summed E-state index contributed by atoms with van der Waals surface area (Å²) in [6.45, 7) is 1.74. The van der Waals surface area contributed by atoms with Gasteiger partial charge in [0.05, 0.1) is 6.20 Å². The fraction of sp³-hybridized carbons (Fsp3) is 0.400. The molecule has 0 amide bonds. The summed E-state index contributed by atoms with van der Waals surface area (Å²) in [5, 5.41) is 18.0. The number of nitrogens with zero attached hydrogens (tertiary/aromatic N) is 1. The van der Waals surface area contributed by atoms with Crippen molar-refractivity contribution < 1.29 is 19.4 Å². The summed E-state index contributed by atoms with van der Waals surface area (Å²) in [5.74, 6) is -2.39. The van der Waals surface area contributed by atoms with Gasteiger partial charge < -0.3 is 10.2 Å². The summed E-state index contributed by atoms with van der Waals surface area (Å²) in [5.41, 5.74) is 0.383. The second-order valence-electron chi connectivity index (χ2n) is 3.20. The van der Waals surface area contributed by atoms with Crippen LogP contribution in [0.5, 0.6) is 0 Å². The summed E-state index contributed by atoms with van der Waals surface area (Å²) in [7, 11) is 0. The molecule has 15 heavy (non-hydrogen) atoms. The van der Waals surface area contributed by atoms with Gasteiger partial charge in [-0.2, -0.15) is 0 Å². The molecule has 1 rings (SSSR count). The molecule has 0 aliphatic heterocycles. The van der Waals surface area contributed by atoms with Crippen LogP contribution in [0, 0.1) is 5.82 Å². The Labute approximate surface area is 86.4 Å². The SMILES string of the molecule is CCC(c1ccc(F)cn1)C(O)C(=O)O. The summed E-state index contributed by atoms with van der Waals surface area (Å²) in [6, 6.07) is 2.58. The molecule has 0 spiro atoms. The molecule has 0 bridgehead atoms. The quantitative estimate of drug-likeness (QED) is 0.787. The van der Waals surface area contributed by atoms with Crippen LogP contribution in [0.1, 0.15) is 25.0 Å². The van der Waals surface area contributed by atoms with Gasteiger partial charge in [0.15, 0.2) is 6.10 Å². The molecule has 0 radical (unpaired) electrons. The Morgan fingerprint density at radius 3 is 2.67 bits per heavy atom. The smallest absolute Gasteiger partial charge is 0.333 e. The zero-order chi connectivity index (χ0) is 11.4. The largest absolute Gasteiger partial charge is 0.479 e. The van der Waals surface area contributed by atoms with Crippen molar-refractivity contribution in [1.29, 1.82) is 0 Å². The fourth-order valence-electron chi connectivity index (χ4n) is 1.37. The molecule has 1 heterocycles. The van der Waals surface area contributed by atoms with Crippen molar-refractivity contribution in [2.45, 2.75) is 25.4 Å². The van der Waals surface area contributed by atoms with E-state index in [4.69, 9.17) is 5.11 Å². The van der Waals surface area contributed by atoms with E-state index in [9.17, 15) is 14.3 Å². The Bertz CT molecular complexity index is 339. The lowest BCUT2D eigenvalue weighted by Crippen LogP contribution is -2.27. The number of carboxylic acid groups (broad SMARTS) is 1. The van der Waals surface area contributed by atoms with Crippen LogP contribution in [0.2, 0.25) is 0 Å². The molecule has 2 atom stereocenters. The number of carbonyl (C=O) groups is 1. The predicted molar refractivity (Wildman–Crippen MR) is 50.9 cm³/mol. The monoisotopic (exact) mass is 213 g/mol. The van der Waals surface area contributed by atoms with Gasteiger partial charge in [0.25, 0.3) is 0 Å². The molecule has 5 heteroatoms. The van der Waals surface area contributed by atoms with Gasteiger partial charge in [0.2, 0.25) is 0 Å². The molecule has 0 saturated heterocycles. The maximum atomic E-state index is 12.6. The minimum Gasteiger partial charge on any atom is -0.479 e. The Balaban J connectivity index is 2.92. The Morgan fingerprint density at radius 1 is 1.60 bits per heavy atom. The van der Waals surface area contributed by atoms with Crippen molar-refractivity contribution >= 4 is 5.97 Å². The van der Waals surface area contributed by atoms with E-state index in [1.165, 1.54) is 12.1 Å². The summed E-state index contributed by atoms with van der Waals surface area (Å²) >= 11 is 0. The van der Waals surface area contributed by atoms with Crippen molar-refractivity contribution in [3.8, 4) is 0 Å². The number of aliphatic hydroxyl groups is 1. The lowest BCUT2D eigenvalue weighted by Gasteiger charge is -2.17. The first-order chi connectivity index (χ1) is 7.06. The van der Waals surface area contributed by atoms with Crippen LogP contribution in [0.25, 0.3) is 0 Å². The van der Waals surface area contributed by atoms with E-state index in [0.29, 0.717) is 12.1 Å². The molecule has 0 aliphatic rings. The van der Waals surface area contributed by atoms with Crippen molar-refractivity contribution in [2.75, 3.05) is 0 Å². The molecule has 2 unspecified atom stereocenters. The third-order valence-electron chi connectivity index (χ3n) is 2.20. The van der Waals surface area contributed by atoms with Crippen molar-refractivity contribution in [3.05, 3.63) is 29.8 Å². The van der Waals surface area contributed by atoms with Gasteiger partial charge in [0, 0.05) is 11.6 Å². The maximum Gasteiger partial charge on any atom is 0.333 e. The van der Waals surface area contributed by atoms with Gasteiger partial charge in [-0.05, 0) is 18.6 Å². The molecule has 2 N–H and O–H groups in total. The van der Waals surface area contributed by atoms with E-state index in [2.05, 4.69) is 4.98 Å². The van der Waals surface area contributed by atoms with E-state index in [-0.39, 0.29) is 0 Å². The molecule has 1 aromatic heterocycles.